The number of hydrogen-bond donors (Lipinski definition) is 2. The van der Waals surface area contributed by atoms with Crippen molar-refractivity contribution in [3.05, 3.63) is 29.6 Å². The summed E-state index contributed by atoms with van der Waals surface area (Å²) < 4.78 is 18.6. The van der Waals surface area contributed by atoms with Crippen molar-refractivity contribution in [2.45, 2.75) is 31.6 Å². The molecule has 0 radical (unpaired) electrons. The number of benzene rings is 1. The van der Waals surface area contributed by atoms with Gasteiger partial charge in [-0.1, -0.05) is 0 Å². The minimum Gasteiger partial charge on any atom is -0.485 e. The second kappa shape index (κ2) is 3.18. The fraction of sp³-hybridized carbons (Fsp3) is 0.455. The Morgan fingerprint density at radius 2 is 2.13 bits per heavy atom. The third-order valence-corrected chi connectivity index (χ3v) is 2.76. The molecule has 3 N–H and O–H groups in total. The summed E-state index contributed by atoms with van der Waals surface area (Å²) in [7, 11) is 0. The van der Waals surface area contributed by atoms with Crippen molar-refractivity contribution in [2.75, 3.05) is 0 Å². The van der Waals surface area contributed by atoms with Gasteiger partial charge in [0.2, 0.25) is 0 Å². The first-order chi connectivity index (χ1) is 6.92. The van der Waals surface area contributed by atoms with E-state index in [-0.39, 0.29) is 5.82 Å². The Morgan fingerprint density at radius 3 is 2.80 bits per heavy atom. The van der Waals surface area contributed by atoms with Gasteiger partial charge < -0.3 is 15.6 Å². The lowest BCUT2D eigenvalue weighted by Crippen LogP contribution is -2.51. The van der Waals surface area contributed by atoms with Gasteiger partial charge in [-0.05, 0) is 32.0 Å². The quantitative estimate of drug-likeness (QED) is 0.681. The number of rotatable bonds is 0. The maximum Gasteiger partial charge on any atom is 0.131 e. The van der Waals surface area contributed by atoms with E-state index >= 15 is 0 Å². The summed E-state index contributed by atoms with van der Waals surface area (Å²) >= 11 is 0. The molecule has 2 atom stereocenters. The number of nitrogens with two attached hydrogens (primary N) is 1. The minimum atomic E-state index is -0.841. The van der Waals surface area contributed by atoms with Crippen LogP contribution in [0.5, 0.6) is 5.75 Å². The summed E-state index contributed by atoms with van der Waals surface area (Å²) in [6.45, 7) is 3.51. The van der Waals surface area contributed by atoms with E-state index in [4.69, 9.17) is 10.5 Å². The van der Waals surface area contributed by atoms with E-state index in [1.807, 2.05) is 0 Å². The highest BCUT2D eigenvalue weighted by Crippen LogP contribution is 2.38. The largest absolute Gasteiger partial charge is 0.485 e. The maximum atomic E-state index is 13.0. The smallest absolute Gasteiger partial charge is 0.131 e. The van der Waals surface area contributed by atoms with Crippen molar-refractivity contribution < 1.29 is 14.2 Å². The summed E-state index contributed by atoms with van der Waals surface area (Å²) in [5.74, 6) is 0.166. The average Bonchev–Trinajstić information content (AvgIpc) is 2.16. The second-order valence-electron chi connectivity index (χ2n) is 4.36. The highest BCUT2D eigenvalue weighted by Gasteiger charge is 2.41. The number of hydrogen-bond acceptors (Lipinski definition) is 3. The van der Waals surface area contributed by atoms with Crippen molar-refractivity contribution in [3.63, 3.8) is 0 Å². The number of ether oxygens (including phenoxy) is 1. The Bertz CT molecular complexity index is 392. The van der Waals surface area contributed by atoms with Crippen LogP contribution in [0.3, 0.4) is 0 Å². The predicted octanol–water partition coefficient (Wildman–Crippen LogP) is 1.36. The fourth-order valence-corrected chi connectivity index (χ4v) is 1.82. The monoisotopic (exact) mass is 211 g/mol. The zero-order valence-corrected chi connectivity index (χ0v) is 8.70. The molecule has 15 heavy (non-hydrogen) atoms. The molecule has 0 spiro atoms. The molecule has 3 nitrogen and oxygen atoms in total. The van der Waals surface area contributed by atoms with Crippen LogP contribution in [0.2, 0.25) is 0 Å². The van der Waals surface area contributed by atoms with Gasteiger partial charge in [0.05, 0.1) is 6.04 Å². The van der Waals surface area contributed by atoms with Crippen LogP contribution in [0.15, 0.2) is 18.2 Å². The van der Waals surface area contributed by atoms with Crippen LogP contribution in [0.25, 0.3) is 0 Å². The molecule has 0 amide bonds. The molecule has 1 aromatic carbocycles. The van der Waals surface area contributed by atoms with Crippen LogP contribution >= 0.6 is 0 Å². The summed E-state index contributed by atoms with van der Waals surface area (Å²) in [5.41, 5.74) is 5.61. The number of fused-ring (bicyclic) bond motifs is 1. The zero-order chi connectivity index (χ0) is 11.2. The van der Waals surface area contributed by atoms with Gasteiger partial charge in [0.1, 0.15) is 23.3 Å². The van der Waals surface area contributed by atoms with E-state index in [1.54, 1.807) is 13.8 Å². The van der Waals surface area contributed by atoms with Gasteiger partial charge in [-0.25, -0.2) is 4.39 Å². The first kappa shape index (κ1) is 10.4. The molecule has 0 aromatic heterocycles. The van der Waals surface area contributed by atoms with Crippen molar-refractivity contribution in [1.29, 1.82) is 0 Å². The first-order valence-corrected chi connectivity index (χ1v) is 4.84. The van der Waals surface area contributed by atoms with Crippen LogP contribution in [0.4, 0.5) is 4.39 Å². The van der Waals surface area contributed by atoms with Gasteiger partial charge in [0.15, 0.2) is 0 Å². The van der Waals surface area contributed by atoms with E-state index in [1.165, 1.54) is 18.2 Å². The summed E-state index contributed by atoms with van der Waals surface area (Å²) in [6.07, 6.45) is -0.841. The lowest BCUT2D eigenvalue weighted by atomic mass is 9.87. The summed E-state index contributed by atoms with van der Waals surface area (Å²) in [5, 5.41) is 9.87. The second-order valence-corrected chi connectivity index (χ2v) is 4.36. The highest BCUT2D eigenvalue weighted by atomic mass is 19.1. The molecule has 0 saturated heterocycles. The molecular weight excluding hydrogens is 197 g/mol. The van der Waals surface area contributed by atoms with Crippen LogP contribution in [0.1, 0.15) is 25.5 Å². The zero-order valence-electron chi connectivity index (χ0n) is 8.70. The van der Waals surface area contributed by atoms with Gasteiger partial charge >= 0.3 is 0 Å². The Kier molecular flexibility index (Phi) is 2.20. The van der Waals surface area contributed by atoms with Gasteiger partial charge in [0.25, 0.3) is 0 Å². The van der Waals surface area contributed by atoms with Gasteiger partial charge in [0, 0.05) is 5.56 Å². The molecule has 0 fully saturated rings. The Morgan fingerprint density at radius 1 is 1.47 bits per heavy atom. The highest BCUT2D eigenvalue weighted by molar-refractivity contribution is 5.40. The molecule has 4 heteroatoms. The Labute approximate surface area is 87.7 Å². The molecule has 0 aliphatic carbocycles. The molecule has 2 rings (SSSR count). The fourth-order valence-electron chi connectivity index (χ4n) is 1.82. The van der Waals surface area contributed by atoms with Crippen molar-refractivity contribution >= 4 is 0 Å². The third kappa shape index (κ3) is 1.60. The number of halogens is 1. The Balaban J connectivity index is 2.50. The van der Waals surface area contributed by atoms with Gasteiger partial charge in [-0.3, -0.25) is 0 Å². The van der Waals surface area contributed by atoms with Crippen molar-refractivity contribution in [1.82, 2.24) is 0 Å². The van der Waals surface area contributed by atoms with Gasteiger partial charge in [-0.2, -0.15) is 0 Å². The molecular formula is C11H14FNO2. The predicted molar refractivity (Wildman–Crippen MR) is 54.0 cm³/mol. The molecule has 1 aliphatic heterocycles. The molecule has 0 bridgehead atoms. The SMILES string of the molecule is CC1(C)Oc2ccc(F)cc2C(N)C1O. The maximum absolute atomic E-state index is 13.0. The van der Waals surface area contributed by atoms with Crippen molar-refractivity contribution in [2.24, 2.45) is 5.73 Å². The topological polar surface area (TPSA) is 55.5 Å². The molecule has 2 unspecified atom stereocenters. The Hall–Kier alpha value is -1.13. The summed E-state index contributed by atoms with van der Waals surface area (Å²) in [4.78, 5) is 0. The third-order valence-electron chi connectivity index (χ3n) is 2.76. The first-order valence-electron chi connectivity index (χ1n) is 4.84. The number of aliphatic hydroxyl groups excluding tert-OH is 1. The van der Waals surface area contributed by atoms with E-state index in [2.05, 4.69) is 0 Å². The minimum absolute atomic E-state index is 0.375. The van der Waals surface area contributed by atoms with Crippen LogP contribution < -0.4 is 10.5 Å². The molecule has 0 saturated carbocycles. The molecule has 1 aliphatic rings. The van der Waals surface area contributed by atoms with Crippen molar-refractivity contribution in [3.8, 4) is 5.75 Å². The van der Waals surface area contributed by atoms with E-state index in [0.717, 1.165) is 0 Å². The average molecular weight is 211 g/mol. The number of aliphatic hydroxyl groups is 1. The molecule has 82 valence electrons. The molecule has 1 heterocycles. The van der Waals surface area contributed by atoms with E-state index in [9.17, 15) is 9.50 Å². The van der Waals surface area contributed by atoms with Crippen LogP contribution in [-0.2, 0) is 0 Å². The van der Waals surface area contributed by atoms with Crippen LogP contribution in [0, 0.1) is 5.82 Å². The van der Waals surface area contributed by atoms with Crippen LogP contribution in [-0.4, -0.2) is 16.8 Å². The lowest BCUT2D eigenvalue weighted by molar-refractivity contribution is -0.0573. The lowest BCUT2D eigenvalue weighted by Gasteiger charge is -2.40. The molecule has 1 aromatic rings. The normalized spacial score (nSPS) is 28.1. The van der Waals surface area contributed by atoms with E-state index < -0.39 is 17.7 Å². The van der Waals surface area contributed by atoms with E-state index in [0.29, 0.717) is 11.3 Å². The standard InChI is InChI=1S/C11H14FNO2/c1-11(2)10(14)9(13)7-5-6(12)3-4-8(7)15-11/h3-5,9-10,14H,13H2,1-2H3. The van der Waals surface area contributed by atoms with Gasteiger partial charge in [-0.15, -0.1) is 0 Å². The summed E-state index contributed by atoms with van der Waals surface area (Å²) in [6, 6.07) is 3.55.